The van der Waals surface area contributed by atoms with E-state index in [0.717, 1.165) is 16.3 Å². The molecule has 0 aliphatic heterocycles. The lowest BCUT2D eigenvalue weighted by atomic mass is 10.0. The van der Waals surface area contributed by atoms with Gasteiger partial charge in [-0.05, 0) is 30.0 Å². The van der Waals surface area contributed by atoms with E-state index in [9.17, 15) is 13.2 Å². The zero-order valence-corrected chi connectivity index (χ0v) is 15.2. The lowest BCUT2D eigenvalue weighted by Gasteiger charge is -2.19. The average Bonchev–Trinajstić information content (AvgIpc) is 2.51. The topological polar surface area (TPSA) is 75.7 Å². The lowest BCUT2D eigenvalue weighted by molar-refractivity contribution is -0.121. The molecule has 1 rings (SSSR count). The Hall–Kier alpha value is -1.60. The Morgan fingerprint density at radius 2 is 2.00 bits per heavy atom. The Morgan fingerprint density at radius 3 is 2.52 bits per heavy atom. The number of amides is 1. The first-order valence-corrected chi connectivity index (χ1v) is 9.09. The molecule has 1 aromatic rings. The van der Waals surface area contributed by atoms with Gasteiger partial charge in [-0.15, -0.1) is 0 Å². The molecule has 130 valence electrons. The van der Waals surface area contributed by atoms with E-state index < -0.39 is 10.0 Å². The molecule has 0 aromatic heterocycles. The van der Waals surface area contributed by atoms with Gasteiger partial charge in [0.05, 0.1) is 13.7 Å². The minimum Gasteiger partial charge on any atom is -0.495 e. The summed E-state index contributed by atoms with van der Waals surface area (Å²) in [5.74, 6) is 0.139. The summed E-state index contributed by atoms with van der Waals surface area (Å²) in [7, 11) is -0.991. The van der Waals surface area contributed by atoms with Crippen LogP contribution in [0, 0.1) is 0 Å². The quantitative estimate of drug-likeness (QED) is 0.784. The Labute approximate surface area is 138 Å². The normalized spacial score (nSPS) is 11.8. The van der Waals surface area contributed by atoms with Gasteiger partial charge in [0.1, 0.15) is 10.6 Å². The molecule has 0 spiro atoms. The highest BCUT2D eigenvalue weighted by Crippen LogP contribution is 2.29. The summed E-state index contributed by atoms with van der Waals surface area (Å²) in [6.07, 6.45) is 0.798. The van der Waals surface area contributed by atoms with E-state index in [0.29, 0.717) is 6.54 Å². The molecule has 1 aromatic carbocycles. The maximum Gasteiger partial charge on any atom is 0.246 e. The summed E-state index contributed by atoms with van der Waals surface area (Å²) in [4.78, 5) is 11.9. The van der Waals surface area contributed by atoms with Crippen LogP contribution in [0.2, 0.25) is 0 Å². The van der Waals surface area contributed by atoms with E-state index in [2.05, 4.69) is 5.32 Å². The molecule has 0 aliphatic rings. The maximum atomic E-state index is 12.8. The van der Waals surface area contributed by atoms with Crippen LogP contribution in [-0.2, 0) is 14.8 Å². The summed E-state index contributed by atoms with van der Waals surface area (Å²) in [5, 5.41) is 2.67. The van der Waals surface area contributed by atoms with Crippen LogP contribution in [0.25, 0.3) is 0 Å². The van der Waals surface area contributed by atoms with Gasteiger partial charge in [-0.3, -0.25) is 4.79 Å². The number of likely N-dealkylation sites (N-methyl/N-ethyl adjacent to an activating group) is 1. The number of hydrogen-bond donors (Lipinski definition) is 1. The Kier molecular flexibility index (Phi) is 7.02. The second kappa shape index (κ2) is 8.31. The number of nitrogens with one attached hydrogen (secondary N) is 1. The van der Waals surface area contributed by atoms with Gasteiger partial charge in [-0.1, -0.05) is 26.8 Å². The molecule has 0 bridgehead atoms. The third-order valence-electron chi connectivity index (χ3n) is 3.48. The number of sulfonamides is 1. The van der Waals surface area contributed by atoms with Crippen molar-refractivity contribution in [1.82, 2.24) is 9.62 Å². The van der Waals surface area contributed by atoms with Crippen molar-refractivity contribution in [2.45, 2.75) is 38.0 Å². The van der Waals surface area contributed by atoms with Crippen molar-refractivity contribution in [3.05, 3.63) is 23.8 Å². The SMILES string of the molecule is CCCNC(=O)CN(C)S(=O)(=O)c1cc(C(C)C)ccc1OC. The van der Waals surface area contributed by atoms with E-state index in [1.54, 1.807) is 12.1 Å². The average molecular weight is 342 g/mol. The van der Waals surface area contributed by atoms with Gasteiger partial charge in [0.25, 0.3) is 0 Å². The van der Waals surface area contributed by atoms with Crippen LogP contribution in [0.3, 0.4) is 0 Å². The van der Waals surface area contributed by atoms with Gasteiger partial charge in [0.2, 0.25) is 15.9 Å². The molecular formula is C16H26N2O4S. The summed E-state index contributed by atoms with van der Waals surface area (Å²) in [6.45, 7) is 6.21. The van der Waals surface area contributed by atoms with Crippen molar-refractivity contribution < 1.29 is 17.9 Å². The van der Waals surface area contributed by atoms with Crippen LogP contribution in [0.1, 0.15) is 38.7 Å². The van der Waals surface area contributed by atoms with Crippen LogP contribution in [0.4, 0.5) is 0 Å². The van der Waals surface area contributed by atoms with Gasteiger partial charge < -0.3 is 10.1 Å². The Morgan fingerprint density at radius 1 is 1.35 bits per heavy atom. The number of methoxy groups -OCH3 is 1. The second-order valence-corrected chi connectivity index (χ2v) is 7.69. The number of hydrogen-bond acceptors (Lipinski definition) is 4. The first-order valence-electron chi connectivity index (χ1n) is 7.65. The fourth-order valence-electron chi connectivity index (χ4n) is 2.03. The fourth-order valence-corrected chi connectivity index (χ4v) is 3.34. The summed E-state index contributed by atoms with van der Waals surface area (Å²) in [5.41, 5.74) is 0.896. The molecule has 1 amide bonds. The third-order valence-corrected chi connectivity index (χ3v) is 5.31. The van der Waals surface area contributed by atoms with Crippen molar-refractivity contribution in [3.63, 3.8) is 0 Å². The zero-order valence-electron chi connectivity index (χ0n) is 14.4. The van der Waals surface area contributed by atoms with Crippen molar-refractivity contribution in [1.29, 1.82) is 0 Å². The second-order valence-electron chi connectivity index (χ2n) is 5.68. The molecule has 0 fully saturated rings. The van der Waals surface area contributed by atoms with Crippen LogP contribution in [-0.4, -0.2) is 45.9 Å². The van der Waals surface area contributed by atoms with Gasteiger partial charge in [0, 0.05) is 13.6 Å². The smallest absolute Gasteiger partial charge is 0.246 e. The standard InChI is InChI=1S/C16H26N2O4S/c1-6-9-17-16(19)11-18(4)23(20,21)15-10-13(12(2)3)7-8-14(15)22-5/h7-8,10,12H,6,9,11H2,1-5H3,(H,17,19). The predicted molar refractivity (Wildman–Crippen MR) is 90.2 cm³/mol. The molecule has 0 unspecified atom stereocenters. The van der Waals surface area contributed by atoms with Gasteiger partial charge in [-0.25, -0.2) is 8.42 Å². The van der Waals surface area contributed by atoms with Crippen molar-refractivity contribution >= 4 is 15.9 Å². The number of carbonyl (C=O) groups is 1. The first kappa shape index (κ1) is 19.4. The molecule has 0 aliphatic carbocycles. The molecule has 23 heavy (non-hydrogen) atoms. The molecule has 0 atom stereocenters. The van der Waals surface area contributed by atoms with Gasteiger partial charge >= 0.3 is 0 Å². The van der Waals surface area contributed by atoms with Crippen LogP contribution in [0.15, 0.2) is 23.1 Å². The summed E-state index contributed by atoms with van der Waals surface area (Å²) >= 11 is 0. The zero-order chi connectivity index (χ0) is 17.6. The summed E-state index contributed by atoms with van der Waals surface area (Å²) in [6, 6.07) is 5.10. The van der Waals surface area contributed by atoms with Crippen LogP contribution < -0.4 is 10.1 Å². The van der Waals surface area contributed by atoms with Crippen molar-refractivity contribution in [2.24, 2.45) is 0 Å². The molecule has 7 heteroatoms. The molecule has 0 saturated carbocycles. The van der Waals surface area contributed by atoms with Crippen LogP contribution >= 0.6 is 0 Å². The number of benzene rings is 1. The highest BCUT2D eigenvalue weighted by Gasteiger charge is 2.27. The van der Waals surface area contributed by atoms with Gasteiger partial charge in [-0.2, -0.15) is 4.31 Å². The third kappa shape index (κ3) is 4.94. The lowest BCUT2D eigenvalue weighted by Crippen LogP contribution is -2.38. The largest absolute Gasteiger partial charge is 0.495 e. The van der Waals surface area contributed by atoms with Crippen LogP contribution in [0.5, 0.6) is 5.75 Å². The molecule has 0 heterocycles. The predicted octanol–water partition coefficient (Wildman–Crippen LogP) is 1.97. The maximum absolute atomic E-state index is 12.8. The highest BCUT2D eigenvalue weighted by atomic mass is 32.2. The van der Waals surface area contributed by atoms with E-state index in [4.69, 9.17) is 4.74 Å². The molecule has 0 radical (unpaired) electrons. The number of carbonyl (C=O) groups excluding carboxylic acids is 1. The molecular weight excluding hydrogens is 316 g/mol. The number of ether oxygens (including phenoxy) is 1. The number of nitrogens with zero attached hydrogens (tertiary/aromatic N) is 1. The fraction of sp³-hybridized carbons (Fsp3) is 0.562. The minimum atomic E-state index is -3.81. The summed E-state index contributed by atoms with van der Waals surface area (Å²) < 4.78 is 31.7. The van der Waals surface area contributed by atoms with Crippen molar-refractivity contribution in [2.75, 3.05) is 27.2 Å². The molecule has 0 saturated heterocycles. The first-order chi connectivity index (χ1) is 10.7. The molecule has 1 N–H and O–H groups in total. The van der Waals surface area contributed by atoms with E-state index in [1.807, 2.05) is 26.8 Å². The van der Waals surface area contributed by atoms with Gasteiger partial charge in [0.15, 0.2) is 0 Å². The van der Waals surface area contributed by atoms with E-state index in [-0.39, 0.29) is 29.0 Å². The van der Waals surface area contributed by atoms with Crippen molar-refractivity contribution in [3.8, 4) is 5.75 Å². The highest BCUT2D eigenvalue weighted by molar-refractivity contribution is 7.89. The molecule has 6 nitrogen and oxygen atoms in total. The Bertz CT molecular complexity index is 641. The minimum absolute atomic E-state index is 0.0805. The van der Waals surface area contributed by atoms with E-state index in [1.165, 1.54) is 14.2 Å². The number of rotatable bonds is 8. The van der Waals surface area contributed by atoms with E-state index >= 15 is 0 Å². The monoisotopic (exact) mass is 342 g/mol. The Balaban J connectivity index is 3.11.